The molecule has 1 saturated heterocycles. The summed E-state index contributed by atoms with van der Waals surface area (Å²) in [6.07, 6.45) is 3.39. The zero-order valence-electron chi connectivity index (χ0n) is 22.2. The summed E-state index contributed by atoms with van der Waals surface area (Å²) in [4.78, 5) is 35.0. The van der Waals surface area contributed by atoms with Gasteiger partial charge in [0, 0.05) is 18.5 Å². The number of para-hydroxylation sites is 1. The van der Waals surface area contributed by atoms with Crippen LogP contribution in [0.15, 0.2) is 23.2 Å². The van der Waals surface area contributed by atoms with Crippen molar-refractivity contribution in [2.75, 3.05) is 19.7 Å². The van der Waals surface area contributed by atoms with Crippen LogP contribution in [0, 0.1) is 5.92 Å². The molecule has 210 valence electrons. The van der Waals surface area contributed by atoms with E-state index in [2.05, 4.69) is 39.8 Å². The van der Waals surface area contributed by atoms with Crippen molar-refractivity contribution in [1.29, 1.82) is 0 Å². The molecular formula is C26H37N8O5+. The van der Waals surface area contributed by atoms with Crippen LogP contribution in [0.4, 0.5) is 0 Å². The van der Waals surface area contributed by atoms with Crippen LogP contribution in [0.1, 0.15) is 55.5 Å². The molecule has 1 aromatic rings. The standard InChI is InChI=1S/C26H36N8O5/c1-24(2)8-9-39-19-14(4-3-5-15(19)24)21(36)31-17-12-34-23(28)30-16(11-29-18(35)10-13-6-7-13)20-25(34,26(17,37)38)33-22(27)32-20/h3-5,13,16-17,20,37-38H,6-12H2,1-2H3,(H2,28,30)(H,29,35)(H,31,36)(H3,27,32,33)/p+1/t16-,17?,20-,25?/m0/s1. The number of aliphatic hydroxyl groups is 2. The van der Waals surface area contributed by atoms with Gasteiger partial charge in [-0.3, -0.25) is 25.2 Å². The number of carbonyl (C=O) groups excluding carboxylic acids is 2. The van der Waals surface area contributed by atoms with Crippen LogP contribution in [-0.4, -0.2) is 88.1 Å². The smallest absolute Gasteiger partial charge is 0.343 e. The zero-order chi connectivity index (χ0) is 27.7. The lowest BCUT2D eigenvalue weighted by atomic mass is 9.79. The highest BCUT2D eigenvalue weighted by Gasteiger charge is 2.76. The minimum absolute atomic E-state index is 0.0445. The number of hydrogen-bond donors (Lipinski definition) is 8. The maximum atomic E-state index is 13.5. The molecule has 2 amide bonds. The predicted octanol–water partition coefficient (Wildman–Crippen LogP) is -3.48. The van der Waals surface area contributed by atoms with Crippen LogP contribution >= 0.6 is 0 Å². The first-order chi connectivity index (χ1) is 18.4. The molecule has 39 heavy (non-hydrogen) atoms. The molecule has 6 rings (SSSR count). The van der Waals surface area contributed by atoms with Crippen molar-refractivity contribution < 1.29 is 29.5 Å². The molecule has 4 aliphatic heterocycles. The minimum Gasteiger partial charge on any atom is -0.492 e. The van der Waals surface area contributed by atoms with Crippen molar-refractivity contribution in [3.05, 3.63) is 29.3 Å². The highest BCUT2D eigenvalue weighted by atomic mass is 16.5. The fourth-order valence-corrected chi connectivity index (χ4v) is 6.40. The van der Waals surface area contributed by atoms with Gasteiger partial charge in [-0.25, -0.2) is 10.3 Å². The Morgan fingerprint density at radius 1 is 1.28 bits per heavy atom. The highest BCUT2D eigenvalue weighted by Crippen LogP contribution is 2.43. The van der Waals surface area contributed by atoms with Crippen molar-refractivity contribution in [3.63, 3.8) is 0 Å². The molecule has 0 aromatic heterocycles. The predicted molar refractivity (Wildman–Crippen MR) is 140 cm³/mol. The number of amides is 2. The largest absolute Gasteiger partial charge is 0.492 e. The molecule has 4 heterocycles. The SMILES string of the molecule is CC1(C)CCOc2c(C(=O)NC3CN4C(N)=N[C@@H](CNC(=O)CC5CC5)[C@@H]5[NH+]=C(N)NC54C3(O)O)cccc21. The van der Waals surface area contributed by atoms with Crippen molar-refractivity contribution in [2.45, 2.75) is 74.5 Å². The third-order valence-corrected chi connectivity index (χ3v) is 8.83. The van der Waals surface area contributed by atoms with Gasteiger partial charge in [0.05, 0.1) is 18.7 Å². The number of aliphatic imine (C=N–C) groups is 1. The zero-order valence-corrected chi connectivity index (χ0v) is 22.2. The molecule has 1 aromatic carbocycles. The van der Waals surface area contributed by atoms with E-state index in [1.54, 1.807) is 12.1 Å². The maximum Gasteiger partial charge on any atom is 0.343 e. The van der Waals surface area contributed by atoms with Crippen LogP contribution in [0.25, 0.3) is 0 Å². The summed E-state index contributed by atoms with van der Waals surface area (Å²) in [7, 11) is 0. The Labute approximate surface area is 226 Å². The number of hydrogen-bond acceptors (Lipinski definition) is 10. The van der Waals surface area contributed by atoms with Gasteiger partial charge in [-0.05, 0) is 36.7 Å². The van der Waals surface area contributed by atoms with Gasteiger partial charge < -0.3 is 31.3 Å². The Bertz CT molecular complexity index is 1270. The molecule has 10 N–H and O–H groups in total. The molecule has 13 heteroatoms. The Kier molecular flexibility index (Phi) is 5.74. The van der Waals surface area contributed by atoms with Gasteiger partial charge in [0.1, 0.15) is 17.8 Å². The van der Waals surface area contributed by atoms with Gasteiger partial charge in [0.25, 0.3) is 11.6 Å². The number of nitrogens with one attached hydrogen (secondary N) is 4. The van der Waals surface area contributed by atoms with Gasteiger partial charge >= 0.3 is 5.96 Å². The van der Waals surface area contributed by atoms with Gasteiger partial charge in [-0.2, -0.15) is 0 Å². The van der Waals surface area contributed by atoms with E-state index in [0.717, 1.165) is 24.8 Å². The van der Waals surface area contributed by atoms with Gasteiger partial charge in [-0.1, -0.05) is 26.0 Å². The first kappa shape index (κ1) is 25.7. The first-order valence-electron chi connectivity index (χ1n) is 13.5. The second-order valence-electron chi connectivity index (χ2n) is 12.0. The fraction of sp³-hybridized carbons (Fsp3) is 0.615. The first-order valence-corrected chi connectivity index (χ1v) is 13.5. The van der Waals surface area contributed by atoms with Crippen molar-refractivity contribution in [1.82, 2.24) is 20.9 Å². The summed E-state index contributed by atoms with van der Waals surface area (Å²) in [5, 5.41) is 32.0. The summed E-state index contributed by atoms with van der Waals surface area (Å²) in [6, 6.07) is 2.82. The van der Waals surface area contributed by atoms with E-state index in [0.29, 0.717) is 30.3 Å². The van der Waals surface area contributed by atoms with Crippen LogP contribution in [-0.2, 0) is 10.2 Å². The van der Waals surface area contributed by atoms with Gasteiger partial charge in [-0.15, -0.1) is 0 Å². The number of nitrogens with zero attached hydrogens (tertiary/aromatic N) is 2. The molecule has 2 unspecified atom stereocenters. The molecule has 2 fully saturated rings. The Hall–Kier alpha value is -3.58. The average molecular weight is 542 g/mol. The number of carbonyl (C=O) groups is 2. The lowest BCUT2D eigenvalue weighted by Crippen LogP contribution is -2.90. The molecule has 0 radical (unpaired) electrons. The van der Waals surface area contributed by atoms with E-state index in [1.165, 1.54) is 4.90 Å². The molecule has 1 saturated carbocycles. The van der Waals surface area contributed by atoms with Crippen molar-refractivity contribution in [3.8, 4) is 5.75 Å². The second kappa shape index (κ2) is 8.71. The summed E-state index contributed by atoms with van der Waals surface area (Å²) >= 11 is 0. The summed E-state index contributed by atoms with van der Waals surface area (Å²) in [5.41, 5.74) is 11.9. The molecule has 1 spiro atoms. The number of nitrogens with two attached hydrogens (primary N) is 2. The summed E-state index contributed by atoms with van der Waals surface area (Å²) < 4.78 is 5.90. The number of guanidine groups is 2. The van der Waals surface area contributed by atoms with E-state index in [9.17, 15) is 19.8 Å². The lowest BCUT2D eigenvalue weighted by molar-refractivity contribution is -0.521. The van der Waals surface area contributed by atoms with Crippen LogP contribution in [0.3, 0.4) is 0 Å². The van der Waals surface area contributed by atoms with E-state index >= 15 is 0 Å². The monoisotopic (exact) mass is 541 g/mol. The molecular weight excluding hydrogens is 504 g/mol. The number of ether oxygens (including phenoxy) is 1. The van der Waals surface area contributed by atoms with Crippen molar-refractivity contribution in [2.24, 2.45) is 22.4 Å². The number of benzene rings is 1. The van der Waals surface area contributed by atoms with Gasteiger partial charge in [0.2, 0.25) is 11.7 Å². The highest BCUT2D eigenvalue weighted by molar-refractivity contribution is 5.98. The normalized spacial score (nSPS) is 31.5. The van der Waals surface area contributed by atoms with Crippen LogP contribution in [0.2, 0.25) is 0 Å². The molecule has 4 atom stereocenters. The molecule has 1 aliphatic carbocycles. The Morgan fingerprint density at radius 3 is 2.79 bits per heavy atom. The maximum absolute atomic E-state index is 13.5. The topological polar surface area (TPSA) is 202 Å². The third-order valence-electron chi connectivity index (χ3n) is 8.83. The fourth-order valence-electron chi connectivity index (χ4n) is 6.40. The van der Waals surface area contributed by atoms with E-state index in [1.807, 2.05) is 6.07 Å². The van der Waals surface area contributed by atoms with E-state index in [4.69, 9.17) is 16.2 Å². The second-order valence-corrected chi connectivity index (χ2v) is 12.0. The number of rotatable bonds is 6. The lowest BCUT2D eigenvalue weighted by Gasteiger charge is -2.46. The molecule has 0 bridgehead atoms. The average Bonchev–Trinajstić information content (AvgIpc) is 3.56. The number of fused-ring (bicyclic) bond motifs is 1. The Balaban J connectivity index is 1.26. The van der Waals surface area contributed by atoms with Crippen LogP contribution < -0.4 is 37.1 Å². The van der Waals surface area contributed by atoms with Crippen molar-refractivity contribution >= 4 is 23.7 Å². The molecule has 5 aliphatic rings. The molecule has 13 nitrogen and oxygen atoms in total. The van der Waals surface area contributed by atoms with E-state index < -0.39 is 35.5 Å². The van der Waals surface area contributed by atoms with E-state index in [-0.39, 0.29) is 36.3 Å². The third kappa shape index (κ3) is 3.97. The van der Waals surface area contributed by atoms with Gasteiger partial charge in [0.15, 0.2) is 12.0 Å². The quantitative estimate of drug-likeness (QED) is 0.168. The summed E-state index contributed by atoms with van der Waals surface area (Å²) in [6.45, 7) is 4.76. The minimum atomic E-state index is -2.53. The van der Waals surface area contributed by atoms with Crippen LogP contribution in [0.5, 0.6) is 5.75 Å². The Morgan fingerprint density at radius 2 is 2.05 bits per heavy atom. The summed E-state index contributed by atoms with van der Waals surface area (Å²) in [5.74, 6) is -2.04.